The van der Waals surface area contributed by atoms with Crippen LogP contribution in [0.3, 0.4) is 0 Å². The number of aromatic amines is 1. The number of anilines is 1. The van der Waals surface area contributed by atoms with Gasteiger partial charge in [-0.1, -0.05) is 18.3 Å². The van der Waals surface area contributed by atoms with Crippen LogP contribution in [0.5, 0.6) is 0 Å². The summed E-state index contributed by atoms with van der Waals surface area (Å²) in [4.78, 5) is 24.9. The first-order chi connectivity index (χ1) is 9.66. The van der Waals surface area contributed by atoms with Crippen molar-refractivity contribution in [1.29, 1.82) is 0 Å². The maximum Gasteiger partial charge on any atom is 0.290 e. The first kappa shape index (κ1) is 14.1. The van der Waals surface area contributed by atoms with Gasteiger partial charge in [0.05, 0.1) is 4.99 Å². The monoisotopic (exact) mass is 289 g/mol. The van der Waals surface area contributed by atoms with Crippen molar-refractivity contribution in [2.45, 2.75) is 13.0 Å². The summed E-state index contributed by atoms with van der Waals surface area (Å²) in [5.74, 6) is 0.354. The van der Waals surface area contributed by atoms with Crippen molar-refractivity contribution in [2.24, 2.45) is 5.73 Å². The molecule has 104 valence electrons. The summed E-state index contributed by atoms with van der Waals surface area (Å²) >= 11 is 4.89. The van der Waals surface area contributed by atoms with Crippen molar-refractivity contribution >= 4 is 23.0 Å². The lowest BCUT2D eigenvalue weighted by molar-refractivity contribution is 0.778. The summed E-state index contributed by atoms with van der Waals surface area (Å²) in [7, 11) is 0. The van der Waals surface area contributed by atoms with E-state index < -0.39 is 0 Å². The van der Waals surface area contributed by atoms with E-state index in [-0.39, 0.29) is 5.56 Å². The highest BCUT2D eigenvalue weighted by molar-refractivity contribution is 7.80. The van der Waals surface area contributed by atoms with E-state index in [9.17, 15) is 4.79 Å². The molecule has 0 aliphatic heterocycles. The predicted octanol–water partition coefficient (Wildman–Crippen LogP) is 0.848. The number of hydrogen-bond donors (Lipinski definition) is 2. The van der Waals surface area contributed by atoms with Crippen LogP contribution in [-0.4, -0.2) is 26.5 Å². The van der Waals surface area contributed by atoms with Gasteiger partial charge in [-0.05, 0) is 11.6 Å². The van der Waals surface area contributed by atoms with Gasteiger partial charge in [0.1, 0.15) is 0 Å². The lowest BCUT2D eigenvalue weighted by Gasteiger charge is -2.22. The highest BCUT2D eigenvalue weighted by atomic mass is 32.1. The molecule has 0 aliphatic rings. The predicted molar refractivity (Wildman–Crippen MR) is 81.5 cm³/mol. The number of nitrogens with one attached hydrogen (secondary N) is 1. The molecule has 0 saturated carbocycles. The zero-order valence-electron chi connectivity index (χ0n) is 10.8. The Labute approximate surface area is 121 Å². The number of thiocarbonyl (C=S) groups is 1. The fourth-order valence-corrected chi connectivity index (χ4v) is 1.88. The molecule has 2 aromatic rings. The maximum absolute atomic E-state index is 11.9. The molecular formula is C13H15N5OS. The highest BCUT2D eigenvalue weighted by Crippen LogP contribution is 2.09. The van der Waals surface area contributed by atoms with Gasteiger partial charge in [-0.3, -0.25) is 9.78 Å². The van der Waals surface area contributed by atoms with E-state index in [0.29, 0.717) is 30.3 Å². The molecule has 3 N–H and O–H groups in total. The number of H-pyrrole nitrogens is 1. The van der Waals surface area contributed by atoms with Crippen LogP contribution in [-0.2, 0) is 6.54 Å². The lowest BCUT2D eigenvalue weighted by Crippen LogP contribution is -2.32. The van der Waals surface area contributed by atoms with Crippen molar-refractivity contribution in [3.8, 4) is 0 Å². The Morgan fingerprint density at radius 3 is 2.95 bits per heavy atom. The molecule has 0 spiro atoms. The zero-order valence-corrected chi connectivity index (χ0v) is 11.6. The van der Waals surface area contributed by atoms with Crippen molar-refractivity contribution in [1.82, 2.24) is 15.0 Å². The lowest BCUT2D eigenvalue weighted by atomic mass is 10.2. The van der Waals surface area contributed by atoms with Gasteiger partial charge in [-0.2, -0.15) is 0 Å². The van der Waals surface area contributed by atoms with Gasteiger partial charge in [-0.25, -0.2) is 4.98 Å². The number of hydrogen-bond acceptors (Lipinski definition) is 5. The van der Waals surface area contributed by atoms with Crippen LogP contribution in [0.2, 0.25) is 0 Å². The third kappa shape index (κ3) is 3.86. The smallest absolute Gasteiger partial charge is 0.290 e. The van der Waals surface area contributed by atoms with Crippen LogP contribution in [0.15, 0.2) is 41.7 Å². The number of aromatic nitrogens is 3. The fraction of sp³-hybridized carbons (Fsp3) is 0.231. The van der Waals surface area contributed by atoms with Crippen LogP contribution in [0.4, 0.5) is 5.82 Å². The Bertz CT molecular complexity index is 628. The Morgan fingerprint density at radius 1 is 1.45 bits per heavy atom. The fourth-order valence-electron chi connectivity index (χ4n) is 1.79. The third-order valence-electron chi connectivity index (χ3n) is 2.71. The molecule has 2 heterocycles. The van der Waals surface area contributed by atoms with Gasteiger partial charge in [0, 0.05) is 44.3 Å². The molecule has 20 heavy (non-hydrogen) atoms. The van der Waals surface area contributed by atoms with E-state index >= 15 is 0 Å². The van der Waals surface area contributed by atoms with E-state index in [1.807, 2.05) is 17.0 Å². The number of rotatable bonds is 6. The summed E-state index contributed by atoms with van der Waals surface area (Å²) < 4.78 is 0. The van der Waals surface area contributed by atoms with Crippen LogP contribution < -0.4 is 16.2 Å². The summed E-state index contributed by atoms with van der Waals surface area (Å²) in [5.41, 5.74) is 6.29. The standard InChI is InChI=1S/C13H15N5OS/c14-11(20)3-7-18(9-10-2-1-4-15-8-10)12-13(19)17-6-5-16-12/h1-2,4-6,8H,3,7,9H2,(H2,14,20)(H,17,19). The molecule has 6 nitrogen and oxygen atoms in total. The van der Waals surface area contributed by atoms with Crippen molar-refractivity contribution < 1.29 is 0 Å². The average Bonchev–Trinajstić information content (AvgIpc) is 2.45. The summed E-state index contributed by atoms with van der Waals surface area (Å²) in [5, 5.41) is 0. The zero-order chi connectivity index (χ0) is 14.4. The number of nitrogens with zero attached hydrogens (tertiary/aromatic N) is 3. The summed E-state index contributed by atoms with van der Waals surface area (Å²) in [6, 6.07) is 3.79. The molecule has 0 fully saturated rings. The molecule has 2 rings (SSSR count). The highest BCUT2D eigenvalue weighted by Gasteiger charge is 2.12. The number of nitrogens with two attached hydrogens (primary N) is 1. The third-order valence-corrected chi connectivity index (χ3v) is 2.92. The summed E-state index contributed by atoms with van der Waals surface area (Å²) in [6.45, 7) is 1.06. The Kier molecular flexibility index (Phi) is 4.78. The second-order valence-electron chi connectivity index (χ2n) is 4.24. The molecule has 0 radical (unpaired) electrons. The Balaban J connectivity index is 2.23. The minimum Gasteiger partial charge on any atom is -0.393 e. The second-order valence-corrected chi connectivity index (χ2v) is 4.77. The topological polar surface area (TPSA) is 87.9 Å². The van der Waals surface area contributed by atoms with E-state index in [1.165, 1.54) is 6.20 Å². The molecule has 2 aromatic heterocycles. The van der Waals surface area contributed by atoms with Crippen LogP contribution in [0, 0.1) is 0 Å². The van der Waals surface area contributed by atoms with Gasteiger partial charge >= 0.3 is 0 Å². The van der Waals surface area contributed by atoms with Crippen LogP contribution in [0.1, 0.15) is 12.0 Å². The first-order valence-corrected chi connectivity index (χ1v) is 6.53. The van der Waals surface area contributed by atoms with E-state index in [2.05, 4.69) is 15.0 Å². The van der Waals surface area contributed by atoms with Crippen molar-refractivity contribution in [3.05, 3.63) is 52.8 Å². The van der Waals surface area contributed by atoms with Gasteiger partial charge in [-0.15, -0.1) is 0 Å². The molecule has 0 amide bonds. The maximum atomic E-state index is 11.9. The Hall–Kier alpha value is -2.28. The summed E-state index contributed by atoms with van der Waals surface area (Å²) in [6.07, 6.45) is 7.03. The SMILES string of the molecule is NC(=S)CCN(Cc1cccnc1)c1ncc[nH]c1=O. The second kappa shape index (κ2) is 6.76. The molecular weight excluding hydrogens is 274 g/mol. The average molecular weight is 289 g/mol. The van der Waals surface area contributed by atoms with Crippen LogP contribution in [0.25, 0.3) is 0 Å². The number of pyridine rings is 1. The minimum atomic E-state index is -0.237. The minimum absolute atomic E-state index is 0.237. The van der Waals surface area contributed by atoms with E-state index in [0.717, 1.165) is 5.56 Å². The van der Waals surface area contributed by atoms with Gasteiger partial charge in [0.2, 0.25) is 0 Å². The largest absolute Gasteiger partial charge is 0.393 e. The Morgan fingerprint density at radius 2 is 2.30 bits per heavy atom. The van der Waals surface area contributed by atoms with Gasteiger partial charge in [0.15, 0.2) is 5.82 Å². The molecule has 0 aromatic carbocycles. The molecule has 0 unspecified atom stereocenters. The molecule has 0 saturated heterocycles. The quantitative estimate of drug-likeness (QED) is 0.766. The molecule has 0 aliphatic carbocycles. The van der Waals surface area contributed by atoms with Crippen molar-refractivity contribution in [3.63, 3.8) is 0 Å². The van der Waals surface area contributed by atoms with Gasteiger partial charge in [0.25, 0.3) is 5.56 Å². The normalized spacial score (nSPS) is 10.2. The molecule has 7 heteroatoms. The molecule has 0 bridgehead atoms. The van der Waals surface area contributed by atoms with Crippen LogP contribution >= 0.6 is 12.2 Å². The van der Waals surface area contributed by atoms with E-state index in [4.69, 9.17) is 18.0 Å². The van der Waals surface area contributed by atoms with Crippen molar-refractivity contribution in [2.75, 3.05) is 11.4 Å². The van der Waals surface area contributed by atoms with Gasteiger partial charge < -0.3 is 15.6 Å². The molecule has 0 atom stereocenters. The first-order valence-electron chi connectivity index (χ1n) is 6.12. The van der Waals surface area contributed by atoms with E-state index in [1.54, 1.807) is 18.6 Å².